The zero-order valence-electron chi connectivity index (χ0n) is 22.8. The molecule has 0 radical (unpaired) electrons. The number of hydrogen-bond acceptors (Lipinski definition) is 6. The molecule has 1 heterocycles. The molecular weight excluding hydrogens is 460 g/mol. The van der Waals surface area contributed by atoms with E-state index in [1.165, 1.54) is 22.3 Å². The van der Waals surface area contributed by atoms with E-state index < -0.39 is 5.60 Å². The van der Waals surface area contributed by atoms with Crippen LogP contribution in [0.3, 0.4) is 0 Å². The minimum absolute atomic E-state index is 0.0687. The maximum absolute atomic E-state index is 10.6. The van der Waals surface area contributed by atoms with E-state index in [1.807, 2.05) is 0 Å². The third-order valence-corrected chi connectivity index (χ3v) is 8.09. The molecule has 1 aliphatic carbocycles. The summed E-state index contributed by atoms with van der Waals surface area (Å²) < 4.78 is 6.13. The van der Waals surface area contributed by atoms with Crippen LogP contribution in [0.5, 0.6) is 5.75 Å². The molecule has 0 bridgehead atoms. The second-order valence-electron chi connectivity index (χ2n) is 10.5. The zero-order chi connectivity index (χ0) is 26.3. The highest BCUT2D eigenvalue weighted by Gasteiger charge is 2.32. The van der Waals surface area contributed by atoms with E-state index in [2.05, 4.69) is 97.5 Å². The van der Waals surface area contributed by atoms with Gasteiger partial charge >= 0.3 is 0 Å². The first kappa shape index (κ1) is 27.0. The number of hydrogen-bond donors (Lipinski definition) is 4. The van der Waals surface area contributed by atoms with E-state index >= 15 is 0 Å². The first-order chi connectivity index (χ1) is 17.9. The van der Waals surface area contributed by atoms with E-state index in [1.54, 1.807) is 0 Å². The Kier molecular flexibility index (Phi) is 8.79. The summed E-state index contributed by atoms with van der Waals surface area (Å²) in [5.74, 6) is 8.32. The van der Waals surface area contributed by atoms with Gasteiger partial charge in [-0.15, -0.1) is 10.6 Å². The minimum Gasteiger partial charge on any atom is -0.493 e. The van der Waals surface area contributed by atoms with Crippen molar-refractivity contribution in [3.8, 4) is 17.6 Å². The number of aliphatic hydroxyl groups is 1. The number of hydrazine groups is 2. The van der Waals surface area contributed by atoms with Gasteiger partial charge in [0.2, 0.25) is 0 Å². The summed E-state index contributed by atoms with van der Waals surface area (Å²) >= 11 is 0. The quantitative estimate of drug-likeness (QED) is 0.253. The van der Waals surface area contributed by atoms with Crippen LogP contribution in [0.15, 0.2) is 41.5 Å². The molecule has 0 spiro atoms. The van der Waals surface area contributed by atoms with Crippen LogP contribution in [0.2, 0.25) is 0 Å². The normalized spacial score (nSPS) is 16.4. The lowest BCUT2D eigenvalue weighted by Crippen LogP contribution is -2.34. The Hall–Kier alpha value is -3.01. The molecule has 4 rings (SSSR count). The Labute approximate surface area is 222 Å². The van der Waals surface area contributed by atoms with Gasteiger partial charge in [-0.3, -0.25) is 5.43 Å². The molecule has 2 aromatic rings. The summed E-state index contributed by atoms with van der Waals surface area (Å²) in [6.45, 7) is 9.51. The molecule has 1 saturated carbocycles. The lowest BCUT2D eigenvalue weighted by molar-refractivity contribution is 0.110. The van der Waals surface area contributed by atoms with Gasteiger partial charge in [0.05, 0.1) is 6.61 Å². The van der Waals surface area contributed by atoms with Crippen LogP contribution < -0.4 is 21.2 Å². The van der Waals surface area contributed by atoms with Crippen LogP contribution in [-0.4, -0.2) is 23.2 Å². The molecule has 0 amide bonds. The second kappa shape index (κ2) is 12.0. The number of aryl methyl sites for hydroxylation is 2. The van der Waals surface area contributed by atoms with Gasteiger partial charge in [0.25, 0.3) is 0 Å². The molecule has 37 heavy (non-hydrogen) atoms. The van der Waals surface area contributed by atoms with Crippen LogP contribution in [0.25, 0.3) is 0 Å². The zero-order valence-corrected chi connectivity index (χ0v) is 22.8. The molecule has 0 atom stereocenters. The SMILES string of the molecule is CCC(CC)(c1ccc(C#CC2(O)CCCC2)c(C)c1)c1ccc(OCCCCC2=NNNN2)c(C)c1. The van der Waals surface area contributed by atoms with Crippen molar-refractivity contribution < 1.29 is 9.84 Å². The average Bonchev–Trinajstić information content (AvgIpc) is 3.58. The minimum atomic E-state index is -0.806. The molecule has 4 N–H and O–H groups in total. The molecule has 0 aromatic heterocycles. The summed E-state index contributed by atoms with van der Waals surface area (Å²) in [5.41, 5.74) is 13.5. The largest absolute Gasteiger partial charge is 0.493 e. The summed E-state index contributed by atoms with van der Waals surface area (Å²) in [4.78, 5) is 0. The van der Waals surface area contributed by atoms with Crippen molar-refractivity contribution in [1.29, 1.82) is 0 Å². The Balaban J connectivity index is 1.46. The fourth-order valence-electron chi connectivity index (χ4n) is 5.63. The van der Waals surface area contributed by atoms with E-state index in [0.717, 1.165) is 74.9 Å². The number of nitrogens with one attached hydrogen (secondary N) is 3. The summed E-state index contributed by atoms with van der Waals surface area (Å²) in [6.07, 6.45) is 8.59. The average molecular weight is 503 g/mol. The van der Waals surface area contributed by atoms with Crippen molar-refractivity contribution in [3.63, 3.8) is 0 Å². The summed E-state index contributed by atoms with van der Waals surface area (Å²) in [5, 5.41) is 14.7. The second-order valence-corrected chi connectivity index (χ2v) is 10.5. The maximum atomic E-state index is 10.6. The molecule has 2 aliphatic rings. The van der Waals surface area contributed by atoms with Gasteiger partial charge in [0.15, 0.2) is 0 Å². The van der Waals surface area contributed by atoms with Crippen molar-refractivity contribution >= 4 is 5.84 Å². The molecule has 1 fully saturated rings. The number of rotatable bonds is 10. The standard InChI is InChI=1S/C31H42N4O2/c1-5-31(6-2,26-13-12-25(23(3)21-26)16-19-30(36)17-8-9-18-30)27-14-15-28(24(4)22-27)37-20-10-7-11-29-32-34-35-33-29/h12-15,21-22,34-36H,5-11,17-18,20H2,1-4H3,(H,32,33). The van der Waals surface area contributed by atoms with Crippen molar-refractivity contribution in [2.45, 2.75) is 96.5 Å². The van der Waals surface area contributed by atoms with Crippen molar-refractivity contribution in [1.82, 2.24) is 16.5 Å². The third kappa shape index (κ3) is 6.29. The van der Waals surface area contributed by atoms with Crippen molar-refractivity contribution in [2.75, 3.05) is 6.61 Å². The van der Waals surface area contributed by atoms with Gasteiger partial charge in [0.1, 0.15) is 17.2 Å². The Morgan fingerprint density at radius 3 is 2.32 bits per heavy atom. The fourth-order valence-corrected chi connectivity index (χ4v) is 5.63. The molecular formula is C31H42N4O2. The molecule has 1 aliphatic heterocycles. The number of ether oxygens (including phenoxy) is 1. The van der Waals surface area contributed by atoms with Gasteiger partial charge in [-0.25, -0.2) is 5.53 Å². The summed E-state index contributed by atoms with van der Waals surface area (Å²) in [6, 6.07) is 13.3. The van der Waals surface area contributed by atoms with Gasteiger partial charge in [-0.1, -0.05) is 50.0 Å². The van der Waals surface area contributed by atoms with Crippen LogP contribution in [0.4, 0.5) is 0 Å². The molecule has 2 aromatic carbocycles. The van der Waals surface area contributed by atoms with Crippen LogP contribution in [-0.2, 0) is 5.41 Å². The lowest BCUT2D eigenvalue weighted by atomic mass is 9.70. The molecule has 0 saturated heterocycles. The van der Waals surface area contributed by atoms with Crippen molar-refractivity contribution in [2.24, 2.45) is 5.10 Å². The van der Waals surface area contributed by atoms with Crippen molar-refractivity contribution in [3.05, 3.63) is 64.2 Å². The highest BCUT2D eigenvalue weighted by Crippen LogP contribution is 2.41. The number of nitrogens with zero attached hydrogens (tertiary/aromatic N) is 1. The lowest BCUT2D eigenvalue weighted by Gasteiger charge is -2.34. The highest BCUT2D eigenvalue weighted by molar-refractivity contribution is 5.82. The Morgan fingerprint density at radius 1 is 1.00 bits per heavy atom. The van der Waals surface area contributed by atoms with E-state index in [4.69, 9.17) is 4.74 Å². The van der Waals surface area contributed by atoms with Gasteiger partial charge in [-0.05, 0) is 99.6 Å². The van der Waals surface area contributed by atoms with Crippen LogP contribution >= 0.6 is 0 Å². The summed E-state index contributed by atoms with van der Waals surface area (Å²) in [7, 11) is 0. The number of unbranched alkanes of at least 4 members (excludes halogenated alkanes) is 1. The van der Waals surface area contributed by atoms with Crippen LogP contribution in [0.1, 0.15) is 99.5 Å². The predicted molar refractivity (Wildman–Crippen MR) is 150 cm³/mol. The number of amidine groups is 1. The number of hydrazone groups is 1. The van der Waals surface area contributed by atoms with E-state index in [0.29, 0.717) is 6.61 Å². The maximum Gasteiger partial charge on any atom is 0.139 e. The first-order valence-corrected chi connectivity index (χ1v) is 13.8. The van der Waals surface area contributed by atoms with Gasteiger partial charge in [-0.2, -0.15) is 0 Å². The predicted octanol–water partition coefficient (Wildman–Crippen LogP) is 5.54. The van der Waals surface area contributed by atoms with E-state index in [-0.39, 0.29) is 5.41 Å². The van der Waals surface area contributed by atoms with Gasteiger partial charge in [0, 0.05) is 17.4 Å². The third-order valence-electron chi connectivity index (χ3n) is 8.09. The van der Waals surface area contributed by atoms with Crippen LogP contribution in [0, 0.1) is 25.7 Å². The fraction of sp³-hybridized carbons (Fsp3) is 0.516. The molecule has 0 unspecified atom stereocenters. The molecule has 6 nitrogen and oxygen atoms in total. The monoisotopic (exact) mass is 502 g/mol. The first-order valence-electron chi connectivity index (χ1n) is 13.8. The highest BCUT2D eigenvalue weighted by atomic mass is 16.5. The topological polar surface area (TPSA) is 77.9 Å². The molecule has 6 heteroatoms. The molecule has 198 valence electrons. The Bertz CT molecular complexity index is 1170. The van der Waals surface area contributed by atoms with Gasteiger partial charge < -0.3 is 9.84 Å². The number of benzene rings is 2. The smallest absolute Gasteiger partial charge is 0.139 e. The van der Waals surface area contributed by atoms with E-state index in [9.17, 15) is 5.11 Å². The Morgan fingerprint density at radius 2 is 1.70 bits per heavy atom.